The summed E-state index contributed by atoms with van der Waals surface area (Å²) in [5.74, 6) is 2.51. The third-order valence-electron chi connectivity index (χ3n) is 2.94. The number of rotatable bonds is 6. The number of hydrogen-bond donors (Lipinski definition) is 1. The molecular formula is C14H21NO2. The smallest absolute Gasteiger partial charge is 0.119 e. The van der Waals surface area contributed by atoms with Gasteiger partial charge in [0.1, 0.15) is 11.5 Å². The van der Waals surface area contributed by atoms with Gasteiger partial charge in [-0.1, -0.05) is 6.92 Å². The molecule has 1 N–H and O–H groups in total. The highest BCUT2D eigenvalue weighted by Gasteiger charge is 2.14. The first kappa shape index (κ1) is 12.2. The molecule has 1 heterocycles. The molecule has 94 valence electrons. The van der Waals surface area contributed by atoms with Crippen molar-refractivity contribution in [1.82, 2.24) is 5.32 Å². The molecule has 1 saturated heterocycles. The molecule has 1 aromatic rings. The third-order valence-corrected chi connectivity index (χ3v) is 2.94. The summed E-state index contributed by atoms with van der Waals surface area (Å²) in [6.07, 6.45) is 2.25. The van der Waals surface area contributed by atoms with Crippen LogP contribution in [0, 0.1) is 5.92 Å². The molecule has 0 aromatic heterocycles. The number of nitrogens with one attached hydrogen (secondary N) is 1. The van der Waals surface area contributed by atoms with Gasteiger partial charge in [-0.15, -0.1) is 0 Å². The maximum absolute atomic E-state index is 5.75. The van der Waals surface area contributed by atoms with E-state index in [0.29, 0.717) is 5.92 Å². The van der Waals surface area contributed by atoms with Crippen molar-refractivity contribution in [2.75, 3.05) is 26.3 Å². The van der Waals surface area contributed by atoms with Crippen molar-refractivity contribution in [1.29, 1.82) is 0 Å². The molecule has 0 bridgehead atoms. The maximum Gasteiger partial charge on any atom is 0.119 e. The Hall–Kier alpha value is -1.22. The SMILES string of the molecule is CCCOc1ccc(OCC2CCNC2)cc1. The Morgan fingerprint density at radius 3 is 2.47 bits per heavy atom. The zero-order valence-electron chi connectivity index (χ0n) is 10.4. The molecule has 1 unspecified atom stereocenters. The molecular weight excluding hydrogens is 214 g/mol. The van der Waals surface area contributed by atoms with Crippen molar-refractivity contribution in [3.63, 3.8) is 0 Å². The Kier molecular flexibility index (Phi) is 4.68. The lowest BCUT2D eigenvalue weighted by atomic mass is 10.1. The summed E-state index contributed by atoms with van der Waals surface area (Å²) in [5, 5.41) is 3.34. The molecule has 0 saturated carbocycles. The minimum Gasteiger partial charge on any atom is -0.494 e. The zero-order chi connectivity index (χ0) is 11.9. The Labute approximate surface area is 103 Å². The average molecular weight is 235 g/mol. The topological polar surface area (TPSA) is 30.5 Å². The average Bonchev–Trinajstić information content (AvgIpc) is 2.88. The van der Waals surface area contributed by atoms with Gasteiger partial charge in [0.2, 0.25) is 0 Å². The molecule has 1 aromatic carbocycles. The van der Waals surface area contributed by atoms with Crippen LogP contribution in [0.4, 0.5) is 0 Å². The van der Waals surface area contributed by atoms with Crippen LogP contribution in [0.2, 0.25) is 0 Å². The molecule has 1 aliphatic rings. The first-order chi connectivity index (χ1) is 8.38. The fourth-order valence-corrected chi connectivity index (χ4v) is 1.92. The fraction of sp³-hybridized carbons (Fsp3) is 0.571. The summed E-state index contributed by atoms with van der Waals surface area (Å²) >= 11 is 0. The lowest BCUT2D eigenvalue weighted by Crippen LogP contribution is -2.15. The van der Waals surface area contributed by atoms with Crippen LogP contribution in [0.25, 0.3) is 0 Å². The van der Waals surface area contributed by atoms with Crippen LogP contribution in [0.5, 0.6) is 11.5 Å². The van der Waals surface area contributed by atoms with Crippen molar-refractivity contribution in [3.05, 3.63) is 24.3 Å². The molecule has 1 atom stereocenters. The monoisotopic (exact) mass is 235 g/mol. The highest BCUT2D eigenvalue weighted by atomic mass is 16.5. The summed E-state index contributed by atoms with van der Waals surface area (Å²) in [5.41, 5.74) is 0. The van der Waals surface area contributed by atoms with E-state index < -0.39 is 0 Å². The molecule has 2 rings (SSSR count). The van der Waals surface area contributed by atoms with Crippen LogP contribution in [0.1, 0.15) is 19.8 Å². The lowest BCUT2D eigenvalue weighted by Gasteiger charge is -2.11. The van der Waals surface area contributed by atoms with E-state index in [4.69, 9.17) is 9.47 Å². The van der Waals surface area contributed by atoms with Gasteiger partial charge < -0.3 is 14.8 Å². The van der Waals surface area contributed by atoms with Gasteiger partial charge in [0.05, 0.1) is 13.2 Å². The van der Waals surface area contributed by atoms with Crippen molar-refractivity contribution in [2.24, 2.45) is 5.92 Å². The second kappa shape index (κ2) is 6.50. The first-order valence-corrected chi connectivity index (χ1v) is 6.45. The maximum atomic E-state index is 5.75. The predicted octanol–water partition coefficient (Wildman–Crippen LogP) is 2.46. The molecule has 1 aliphatic heterocycles. The zero-order valence-corrected chi connectivity index (χ0v) is 10.4. The van der Waals surface area contributed by atoms with Crippen molar-refractivity contribution < 1.29 is 9.47 Å². The van der Waals surface area contributed by atoms with E-state index in [0.717, 1.165) is 44.2 Å². The van der Waals surface area contributed by atoms with Gasteiger partial charge in [0, 0.05) is 12.5 Å². The lowest BCUT2D eigenvalue weighted by molar-refractivity contribution is 0.259. The van der Waals surface area contributed by atoms with E-state index in [9.17, 15) is 0 Å². The van der Waals surface area contributed by atoms with Gasteiger partial charge in [-0.05, 0) is 43.7 Å². The molecule has 0 radical (unpaired) electrons. The van der Waals surface area contributed by atoms with E-state index in [-0.39, 0.29) is 0 Å². The van der Waals surface area contributed by atoms with Gasteiger partial charge in [-0.2, -0.15) is 0 Å². The van der Waals surface area contributed by atoms with Gasteiger partial charge in [0.15, 0.2) is 0 Å². The number of benzene rings is 1. The van der Waals surface area contributed by atoms with Crippen LogP contribution in [-0.4, -0.2) is 26.3 Å². The van der Waals surface area contributed by atoms with Crippen LogP contribution >= 0.6 is 0 Å². The first-order valence-electron chi connectivity index (χ1n) is 6.45. The largest absolute Gasteiger partial charge is 0.494 e. The van der Waals surface area contributed by atoms with Crippen molar-refractivity contribution >= 4 is 0 Å². The minimum atomic E-state index is 0.658. The number of ether oxygens (including phenoxy) is 2. The predicted molar refractivity (Wildman–Crippen MR) is 68.7 cm³/mol. The van der Waals surface area contributed by atoms with Crippen LogP contribution < -0.4 is 14.8 Å². The summed E-state index contributed by atoms with van der Waals surface area (Å²) in [6.45, 7) is 5.89. The van der Waals surface area contributed by atoms with Gasteiger partial charge in [-0.25, -0.2) is 0 Å². The molecule has 1 fully saturated rings. The highest BCUT2D eigenvalue weighted by Crippen LogP contribution is 2.19. The second-order valence-corrected chi connectivity index (χ2v) is 4.49. The van der Waals surface area contributed by atoms with Gasteiger partial charge in [-0.3, -0.25) is 0 Å². The Bertz CT molecular complexity index is 317. The van der Waals surface area contributed by atoms with E-state index in [2.05, 4.69) is 12.2 Å². The highest BCUT2D eigenvalue weighted by molar-refractivity contribution is 5.31. The molecule has 3 heteroatoms. The van der Waals surface area contributed by atoms with E-state index in [1.807, 2.05) is 24.3 Å². The molecule has 3 nitrogen and oxygen atoms in total. The van der Waals surface area contributed by atoms with E-state index >= 15 is 0 Å². The van der Waals surface area contributed by atoms with E-state index in [1.54, 1.807) is 0 Å². The normalized spacial score (nSPS) is 19.2. The number of hydrogen-bond acceptors (Lipinski definition) is 3. The summed E-state index contributed by atoms with van der Waals surface area (Å²) in [4.78, 5) is 0. The Balaban J connectivity index is 1.76. The standard InChI is InChI=1S/C14H21NO2/c1-2-9-16-13-3-5-14(6-4-13)17-11-12-7-8-15-10-12/h3-6,12,15H,2,7-11H2,1H3. The molecule has 17 heavy (non-hydrogen) atoms. The molecule has 0 amide bonds. The minimum absolute atomic E-state index is 0.658. The van der Waals surface area contributed by atoms with Crippen LogP contribution in [0.15, 0.2) is 24.3 Å². The quantitative estimate of drug-likeness (QED) is 0.821. The van der Waals surface area contributed by atoms with Gasteiger partial charge >= 0.3 is 0 Å². The second-order valence-electron chi connectivity index (χ2n) is 4.49. The van der Waals surface area contributed by atoms with Gasteiger partial charge in [0.25, 0.3) is 0 Å². The Morgan fingerprint density at radius 2 is 1.88 bits per heavy atom. The third kappa shape index (κ3) is 3.93. The van der Waals surface area contributed by atoms with Crippen molar-refractivity contribution in [2.45, 2.75) is 19.8 Å². The molecule has 0 aliphatic carbocycles. The van der Waals surface area contributed by atoms with E-state index in [1.165, 1.54) is 6.42 Å². The summed E-state index contributed by atoms with van der Waals surface area (Å²) < 4.78 is 11.3. The summed E-state index contributed by atoms with van der Waals surface area (Å²) in [7, 11) is 0. The van der Waals surface area contributed by atoms with Crippen LogP contribution in [-0.2, 0) is 0 Å². The summed E-state index contributed by atoms with van der Waals surface area (Å²) in [6, 6.07) is 7.90. The van der Waals surface area contributed by atoms with Crippen molar-refractivity contribution in [3.8, 4) is 11.5 Å². The fourth-order valence-electron chi connectivity index (χ4n) is 1.92. The van der Waals surface area contributed by atoms with Crippen LogP contribution in [0.3, 0.4) is 0 Å². The Morgan fingerprint density at radius 1 is 1.18 bits per heavy atom. The molecule has 0 spiro atoms.